The van der Waals surface area contributed by atoms with Gasteiger partial charge < -0.3 is 9.88 Å². The molecule has 0 bridgehead atoms. The van der Waals surface area contributed by atoms with Crippen LogP contribution in [0, 0.1) is 6.92 Å². The summed E-state index contributed by atoms with van der Waals surface area (Å²) in [5, 5.41) is 13.3. The minimum absolute atomic E-state index is 0.650. The molecule has 7 heteroatoms. The molecule has 1 aliphatic rings. The molecule has 0 saturated heterocycles. The van der Waals surface area contributed by atoms with Crippen molar-refractivity contribution < 1.29 is 0 Å². The Bertz CT molecular complexity index is 850. The number of hydrogen-bond donors (Lipinski definition) is 1. The quantitative estimate of drug-likeness (QED) is 0.797. The van der Waals surface area contributed by atoms with Crippen LogP contribution in [0.5, 0.6) is 0 Å². The van der Waals surface area contributed by atoms with E-state index in [1.54, 1.807) is 17.7 Å². The van der Waals surface area contributed by atoms with Crippen molar-refractivity contribution in [3.8, 4) is 0 Å². The largest absolute Gasteiger partial charge is 0.362 e. The van der Waals surface area contributed by atoms with Crippen molar-refractivity contribution in [2.24, 2.45) is 0 Å². The Morgan fingerprint density at radius 2 is 2.17 bits per heavy atom. The van der Waals surface area contributed by atoms with Gasteiger partial charge in [-0.05, 0) is 31.7 Å². The minimum Gasteiger partial charge on any atom is -0.362 e. The second kappa shape index (κ2) is 5.88. The maximum atomic E-state index is 4.47. The number of rotatable bonds is 4. The van der Waals surface area contributed by atoms with E-state index in [0.29, 0.717) is 6.54 Å². The third kappa shape index (κ3) is 2.49. The molecular weight excluding hydrogens is 308 g/mol. The van der Waals surface area contributed by atoms with E-state index in [4.69, 9.17) is 0 Å². The van der Waals surface area contributed by atoms with Gasteiger partial charge in [0.25, 0.3) is 0 Å². The Labute approximate surface area is 139 Å². The van der Waals surface area contributed by atoms with E-state index in [1.807, 2.05) is 0 Å². The lowest BCUT2D eigenvalue weighted by Gasteiger charge is -2.15. The summed E-state index contributed by atoms with van der Waals surface area (Å²) in [5.74, 6) is 3.02. The van der Waals surface area contributed by atoms with E-state index in [-0.39, 0.29) is 0 Å². The van der Waals surface area contributed by atoms with Crippen molar-refractivity contribution in [1.82, 2.24) is 24.7 Å². The summed E-state index contributed by atoms with van der Waals surface area (Å²) >= 11 is 1.74. The van der Waals surface area contributed by atoms with Crippen LogP contribution in [0.1, 0.15) is 41.9 Å². The molecule has 23 heavy (non-hydrogen) atoms. The van der Waals surface area contributed by atoms with Crippen molar-refractivity contribution in [1.29, 1.82) is 0 Å². The first-order chi connectivity index (χ1) is 11.3. The van der Waals surface area contributed by atoms with E-state index in [2.05, 4.69) is 43.9 Å². The molecule has 0 aromatic carbocycles. The molecule has 4 rings (SSSR count). The first-order valence-corrected chi connectivity index (χ1v) is 8.97. The molecule has 0 unspecified atom stereocenters. The predicted octanol–water partition coefficient (Wildman–Crippen LogP) is 3.10. The highest BCUT2D eigenvalue weighted by Gasteiger charge is 2.17. The molecule has 0 amide bonds. The van der Waals surface area contributed by atoms with Crippen LogP contribution < -0.4 is 5.32 Å². The lowest BCUT2D eigenvalue weighted by atomic mass is 10.1. The van der Waals surface area contributed by atoms with Crippen LogP contribution in [0.3, 0.4) is 0 Å². The maximum Gasteiger partial charge on any atom is 0.152 e. The predicted molar refractivity (Wildman–Crippen MR) is 91.8 cm³/mol. The Morgan fingerprint density at radius 1 is 1.26 bits per heavy atom. The van der Waals surface area contributed by atoms with Crippen LogP contribution in [-0.4, -0.2) is 24.7 Å². The molecule has 3 aromatic heterocycles. The molecule has 0 radical (unpaired) electrons. The molecule has 0 spiro atoms. The molecule has 0 saturated carbocycles. The van der Waals surface area contributed by atoms with Gasteiger partial charge in [-0.2, -0.15) is 0 Å². The smallest absolute Gasteiger partial charge is 0.152 e. The number of fused-ring (bicyclic) bond motifs is 2. The summed E-state index contributed by atoms with van der Waals surface area (Å²) in [6.45, 7) is 6.01. The molecule has 1 aliphatic heterocycles. The van der Waals surface area contributed by atoms with Crippen molar-refractivity contribution in [2.45, 2.75) is 52.6 Å². The van der Waals surface area contributed by atoms with Gasteiger partial charge in [-0.15, -0.1) is 21.5 Å². The zero-order chi connectivity index (χ0) is 15.8. The molecule has 120 valence electrons. The summed E-state index contributed by atoms with van der Waals surface area (Å²) in [7, 11) is 0. The number of nitrogens with one attached hydrogen (secondary N) is 1. The first kappa shape index (κ1) is 14.6. The molecule has 0 fully saturated rings. The maximum absolute atomic E-state index is 4.47. The Kier molecular flexibility index (Phi) is 3.72. The van der Waals surface area contributed by atoms with E-state index >= 15 is 0 Å². The second-order valence-electron chi connectivity index (χ2n) is 5.89. The molecule has 6 nitrogen and oxygen atoms in total. The Morgan fingerprint density at radius 3 is 3.04 bits per heavy atom. The van der Waals surface area contributed by atoms with E-state index in [0.717, 1.165) is 47.1 Å². The molecule has 3 aromatic rings. The Balaban J connectivity index is 1.64. The van der Waals surface area contributed by atoms with Crippen molar-refractivity contribution >= 4 is 27.4 Å². The van der Waals surface area contributed by atoms with Crippen LogP contribution in [-0.2, 0) is 25.9 Å². The lowest BCUT2D eigenvalue weighted by molar-refractivity contribution is 0.509. The van der Waals surface area contributed by atoms with Gasteiger partial charge >= 0.3 is 0 Å². The Hall–Kier alpha value is -2.02. The zero-order valence-corrected chi connectivity index (χ0v) is 14.3. The van der Waals surface area contributed by atoms with Gasteiger partial charge in [0.2, 0.25) is 0 Å². The van der Waals surface area contributed by atoms with Gasteiger partial charge in [-0.3, -0.25) is 0 Å². The fourth-order valence-electron chi connectivity index (χ4n) is 3.32. The number of hydrogen-bond acceptors (Lipinski definition) is 6. The lowest BCUT2D eigenvalue weighted by Crippen LogP contribution is -2.15. The molecule has 4 heterocycles. The molecular formula is C16H20N6S. The number of anilines is 1. The number of nitrogens with zero attached hydrogens (tertiary/aromatic N) is 5. The van der Waals surface area contributed by atoms with Crippen LogP contribution in [0.25, 0.3) is 10.2 Å². The summed E-state index contributed by atoms with van der Waals surface area (Å²) in [6, 6.07) is 0. The number of aryl methyl sites for hydroxylation is 3. The van der Waals surface area contributed by atoms with E-state index < -0.39 is 0 Å². The fraction of sp³-hybridized carbons (Fsp3) is 0.500. The first-order valence-electron chi connectivity index (χ1n) is 8.15. The number of aromatic nitrogens is 5. The van der Waals surface area contributed by atoms with Gasteiger partial charge in [0.05, 0.1) is 11.9 Å². The fourth-order valence-corrected chi connectivity index (χ4v) is 4.40. The summed E-state index contributed by atoms with van der Waals surface area (Å²) in [6.07, 6.45) is 6.09. The highest BCUT2D eigenvalue weighted by Crippen LogP contribution is 2.33. The van der Waals surface area contributed by atoms with Crippen molar-refractivity contribution in [3.63, 3.8) is 0 Å². The van der Waals surface area contributed by atoms with Gasteiger partial charge in [0.15, 0.2) is 5.82 Å². The summed E-state index contributed by atoms with van der Waals surface area (Å²) in [5.41, 5.74) is 1.34. The second-order valence-corrected chi connectivity index (χ2v) is 7.09. The SMILES string of the molecule is CCc1c(C)sc2ncnc(NCc3nnc4n3CCCC4)c12. The van der Waals surface area contributed by atoms with Crippen LogP contribution in [0.4, 0.5) is 5.82 Å². The van der Waals surface area contributed by atoms with Crippen LogP contribution in [0.15, 0.2) is 6.33 Å². The highest BCUT2D eigenvalue weighted by atomic mass is 32.1. The van der Waals surface area contributed by atoms with E-state index in [1.165, 1.54) is 23.3 Å². The summed E-state index contributed by atoms with van der Waals surface area (Å²) in [4.78, 5) is 11.3. The third-order valence-electron chi connectivity index (χ3n) is 4.49. The van der Waals surface area contributed by atoms with Gasteiger partial charge in [0.1, 0.15) is 22.8 Å². The molecule has 0 atom stereocenters. The topological polar surface area (TPSA) is 68.5 Å². The molecule has 0 aliphatic carbocycles. The third-order valence-corrected chi connectivity index (χ3v) is 5.55. The number of thiophene rings is 1. The van der Waals surface area contributed by atoms with E-state index in [9.17, 15) is 0 Å². The monoisotopic (exact) mass is 328 g/mol. The zero-order valence-electron chi connectivity index (χ0n) is 13.5. The van der Waals surface area contributed by atoms with Gasteiger partial charge in [-0.1, -0.05) is 6.92 Å². The summed E-state index contributed by atoms with van der Waals surface area (Å²) < 4.78 is 2.24. The molecule has 1 N–H and O–H groups in total. The highest BCUT2D eigenvalue weighted by molar-refractivity contribution is 7.18. The van der Waals surface area contributed by atoms with Crippen LogP contribution in [0.2, 0.25) is 0 Å². The average molecular weight is 328 g/mol. The van der Waals surface area contributed by atoms with Gasteiger partial charge in [0, 0.05) is 17.8 Å². The van der Waals surface area contributed by atoms with Crippen molar-refractivity contribution in [3.05, 3.63) is 28.4 Å². The standard InChI is InChI=1S/C16H20N6S/c1-3-11-10(2)23-16-14(11)15(18-9-19-16)17-8-13-21-20-12-6-4-5-7-22(12)13/h9H,3-8H2,1-2H3,(H,17,18,19). The minimum atomic E-state index is 0.650. The van der Waals surface area contributed by atoms with Crippen LogP contribution >= 0.6 is 11.3 Å². The van der Waals surface area contributed by atoms with Crippen molar-refractivity contribution in [2.75, 3.05) is 5.32 Å². The average Bonchev–Trinajstić information content (AvgIpc) is 3.13. The van der Waals surface area contributed by atoms with Gasteiger partial charge in [-0.25, -0.2) is 9.97 Å². The normalized spacial score (nSPS) is 14.2.